The average molecular weight is 400 g/mol. The van der Waals surface area contributed by atoms with Gasteiger partial charge in [-0.25, -0.2) is 13.8 Å². The smallest absolute Gasteiger partial charge is 0.235 e. The predicted molar refractivity (Wildman–Crippen MR) is 93.7 cm³/mol. The highest BCUT2D eigenvalue weighted by Crippen LogP contribution is 2.38. The third-order valence-corrected chi connectivity index (χ3v) is 4.73. The number of hydrogen-bond acceptors (Lipinski definition) is 6. The van der Waals surface area contributed by atoms with Crippen molar-refractivity contribution < 1.29 is 27.5 Å². The molecule has 26 heavy (non-hydrogen) atoms. The first kappa shape index (κ1) is 18.5. The Labute approximate surface area is 156 Å². The van der Waals surface area contributed by atoms with Crippen LogP contribution >= 0.6 is 23.4 Å². The van der Waals surface area contributed by atoms with E-state index in [0.29, 0.717) is 10.3 Å². The molecule has 0 fully saturated rings. The molecule has 0 saturated carbocycles. The van der Waals surface area contributed by atoms with Crippen LogP contribution in [0.5, 0.6) is 11.5 Å². The van der Waals surface area contributed by atoms with Crippen molar-refractivity contribution in [3.63, 3.8) is 0 Å². The van der Waals surface area contributed by atoms with Gasteiger partial charge in [-0.2, -0.15) is 0 Å². The fourth-order valence-corrected chi connectivity index (χ4v) is 3.36. The molecule has 9 heteroatoms. The van der Waals surface area contributed by atoms with Crippen molar-refractivity contribution in [2.45, 2.75) is 4.90 Å². The minimum atomic E-state index is -1.14. The lowest BCUT2D eigenvalue weighted by Crippen LogP contribution is -2.10. The molecule has 5 nitrogen and oxygen atoms in total. The van der Waals surface area contributed by atoms with Crippen LogP contribution < -0.4 is 9.47 Å². The van der Waals surface area contributed by atoms with Crippen molar-refractivity contribution in [1.82, 2.24) is 4.98 Å². The number of carbonyl (C=O) groups excluding carboxylic acids is 1. The fourth-order valence-electron chi connectivity index (χ4n) is 2.51. The number of pyridine rings is 1. The van der Waals surface area contributed by atoms with E-state index in [1.165, 1.54) is 38.2 Å². The molecule has 2 aromatic heterocycles. The zero-order chi connectivity index (χ0) is 19.0. The van der Waals surface area contributed by atoms with E-state index in [2.05, 4.69) is 4.98 Å². The summed E-state index contributed by atoms with van der Waals surface area (Å²) in [6.07, 6.45) is 3.04. The minimum Gasteiger partial charge on any atom is -0.494 e. The number of ketones is 1. The molecule has 0 atom stereocenters. The Bertz CT molecular complexity index is 994. The standard InChI is InChI=1S/C17H12ClF2NO4S/c1-23-8-5-9(24-2)14(20)12(13(8)19)15(22)16-17(26-3)7-4-11(18)21-6-10(7)25-16/h4-6H,1-3H3. The molecule has 3 rings (SSSR count). The summed E-state index contributed by atoms with van der Waals surface area (Å²) in [5.74, 6) is -4.12. The van der Waals surface area contributed by atoms with Gasteiger partial charge in [0.15, 0.2) is 34.5 Å². The van der Waals surface area contributed by atoms with Gasteiger partial charge < -0.3 is 13.9 Å². The molecule has 3 aromatic rings. The van der Waals surface area contributed by atoms with Crippen molar-refractivity contribution in [3.05, 3.63) is 46.4 Å². The zero-order valence-electron chi connectivity index (χ0n) is 13.9. The number of rotatable bonds is 5. The van der Waals surface area contributed by atoms with Crippen molar-refractivity contribution in [3.8, 4) is 11.5 Å². The number of nitrogens with zero attached hydrogens (tertiary/aromatic N) is 1. The molecular formula is C17H12ClF2NO4S. The number of aromatic nitrogens is 1. The zero-order valence-corrected chi connectivity index (χ0v) is 15.4. The van der Waals surface area contributed by atoms with Gasteiger partial charge in [0.2, 0.25) is 5.78 Å². The molecule has 1 aromatic carbocycles. The average Bonchev–Trinajstić information content (AvgIpc) is 2.99. The Morgan fingerprint density at radius 2 is 1.81 bits per heavy atom. The summed E-state index contributed by atoms with van der Waals surface area (Å²) in [4.78, 5) is 17.2. The number of benzene rings is 1. The lowest BCUT2D eigenvalue weighted by atomic mass is 10.1. The van der Waals surface area contributed by atoms with Gasteiger partial charge in [-0.15, -0.1) is 11.8 Å². The lowest BCUT2D eigenvalue weighted by Gasteiger charge is -2.11. The van der Waals surface area contributed by atoms with Gasteiger partial charge >= 0.3 is 0 Å². The first-order chi connectivity index (χ1) is 12.4. The van der Waals surface area contributed by atoms with Gasteiger partial charge in [0.25, 0.3) is 0 Å². The number of fused-ring (bicyclic) bond motifs is 1. The van der Waals surface area contributed by atoms with Crippen LogP contribution in [-0.2, 0) is 0 Å². The Hall–Kier alpha value is -2.32. The Kier molecular flexibility index (Phi) is 5.06. The highest BCUT2D eigenvalue weighted by molar-refractivity contribution is 7.99. The van der Waals surface area contributed by atoms with Gasteiger partial charge in [0.05, 0.1) is 25.3 Å². The highest BCUT2D eigenvalue weighted by atomic mass is 35.5. The molecular weight excluding hydrogens is 388 g/mol. The maximum Gasteiger partial charge on any atom is 0.235 e. The summed E-state index contributed by atoms with van der Waals surface area (Å²) >= 11 is 7.07. The molecule has 0 bridgehead atoms. The summed E-state index contributed by atoms with van der Waals surface area (Å²) in [6, 6.07) is 2.54. The van der Waals surface area contributed by atoms with Crippen LogP contribution in [0.1, 0.15) is 16.1 Å². The molecule has 136 valence electrons. The van der Waals surface area contributed by atoms with Crippen LogP contribution in [0.3, 0.4) is 0 Å². The van der Waals surface area contributed by atoms with E-state index < -0.39 is 23.0 Å². The Morgan fingerprint density at radius 3 is 2.35 bits per heavy atom. The second kappa shape index (κ2) is 7.13. The number of hydrogen-bond donors (Lipinski definition) is 0. The summed E-state index contributed by atoms with van der Waals surface area (Å²) in [6.45, 7) is 0. The summed E-state index contributed by atoms with van der Waals surface area (Å²) in [7, 11) is 2.40. The van der Waals surface area contributed by atoms with Crippen molar-refractivity contribution >= 4 is 40.1 Å². The van der Waals surface area contributed by atoms with E-state index >= 15 is 0 Å². The maximum absolute atomic E-state index is 14.6. The van der Waals surface area contributed by atoms with E-state index in [9.17, 15) is 13.6 Å². The van der Waals surface area contributed by atoms with Crippen LogP contribution in [0.4, 0.5) is 8.78 Å². The fraction of sp³-hybridized carbons (Fsp3) is 0.176. The SMILES string of the molecule is COc1cc(OC)c(F)c(C(=O)c2oc3cnc(Cl)cc3c2SC)c1F. The maximum atomic E-state index is 14.6. The van der Waals surface area contributed by atoms with E-state index in [4.69, 9.17) is 25.5 Å². The van der Waals surface area contributed by atoms with Crippen LogP contribution in [0.15, 0.2) is 27.6 Å². The van der Waals surface area contributed by atoms with E-state index in [1.807, 2.05) is 0 Å². The summed E-state index contributed by atoms with van der Waals surface area (Å²) in [5, 5.41) is 0.726. The largest absolute Gasteiger partial charge is 0.494 e. The monoisotopic (exact) mass is 399 g/mol. The van der Waals surface area contributed by atoms with Crippen LogP contribution in [0, 0.1) is 11.6 Å². The molecule has 0 unspecified atom stereocenters. The topological polar surface area (TPSA) is 61.6 Å². The molecule has 0 saturated heterocycles. The molecule has 0 N–H and O–H groups in total. The van der Waals surface area contributed by atoms with Gasteiger partial charge in [-0.1, -0.05) is 11.6 Å². The lowest BCUT2D eigenvalue weighted by molar-refractivity contribution is 0.0997. The number of ether oxygens (including phenoxy) is 2. The minimum absolute atomic E-state index is 0.202. The summed E-state index contributed by atoms with van der Waals surface area (Å²) < 4.78 is 44.5. The third-order valence-electron chi connectivity index (χ3n) is 3.71. The second-order valence-electron chi connectivity index (χ2n) is 5.08. The quantitative estimate of drug-likeness (QED) is 0.351. The van der Waals surface area contributed by atoms with Crippen LogP contribution in [0.2, 0.25) is 5.15 Å². The number of methoxy groups -OCH3 is 2. The molecule has 0 amide bonds. The van der Waals surface area contributed by atoms with Crippen molar-refractivity contribution in [2.75, 3.05) is 20.5 Å². The van der Waals surface area contributed by atoms with Crippen LogP contribution in [0.25, 0.3) is 11.0 Å². The van der Waals surface area contributed by atoms with E-state index in [1.54, 1.807) is 6.26 Å². The van der Waals surface area contributed by atoms with Gasteiger partial charge in [0, 0.05) is 11.5 Å². The van der Waals surface area contributed by atoms with Crippen molar-refractivity contribution in [2.24, 2.45) is 0 Å². The van der Waals surface area contributed by atoms with Gasteiger partial charge in [0.1, 0.15) is 10.7 Å². The second-order valence-corrected chi connectivity index (χ2v) is 6.28. The van der Waals surface area contributed by atoms with Gasteiger partial charge in [-0.05, 0) is 12.3 Å². The highest BCUT2D eigenvalue weighted by Gasteiger charge is 2.31. The molecule has 0 aliphatic rings. The van der Waals surface area contributed by atoms with Crippen LogP contribution in [-0.4, -0.2) is 31.2 Å². The van der Waals surface area contributed by atoms with Gasteiger partial charge in [-0.3, -0.25) is 4.79 Å². The molecule has 0 aliphatic heterocycles. The Morgan fingerprint density at radius 1 is 1.19 bits per heavy atom. The number of thioether (sulfide) groups is 1. The Balaban J connectivity index is 2.27. The molecule has 0 aliphatic carbocycles. The van der Waals surface area contributed by atoms with E-state index in [0.717, 1.165) is 6.07 Å². The normalized spacial score (nSPS) is 11.0. The number of halogens is 3. The molecule has 2 heterocycles. The van der Waals surface area contributed by atoms with Crippen molar-refractivity contribution in [1.29, 1.82) is 0 Å². The third kappa shape index (κ3) is 2.89. The first-order valence-corrected chi connectivity index (χ1v) is 8.79. The van der Waals surface area contributed by atoms with E-state index in [-0.39, 0.29) is 28.0 Å². The summed E-state index contributed by atoms with van der Waals surface area (Å²) in [5.41, 5.74) is -0.549. The predicted octanol–water partition coefficient (Wildman–Crippen LogP) is 4.73. The first-order valence-electron chi connectivity index (χ1n) is 7.19. The molecule has 0 spiro atoms. The molecule has 0 radical (unpaired) electrons. The number of furan rings is 1. The number of carbonyl (C=O) groups is 1.